The van der Waals surface area contributed by atoms with E-state index in [0.29, 0.717) is 0 Å². The van der Waals surface area contributed by atoms with Crippen LogP contribution in [0.4, 0.5) is 0 Å². The third-order valence-electron chi connectivity index (χ3n) is 3.02. The van der Waals surface area contributed by atoms with Crippen molar-refractivity contribution in [2.45, 2.75) is 32.3 Å². The molecule has 1 aliphatic rings. The Kier molecular flexibility index (Phi) is 4.81. The van der Waals surface area contributed by atoms with Gasteiger partial charge in [0.15, 0.2) is 0 Å². The molecular weight excluding hydrogens is 254 g/mol. The summed E-state index contributed by atoms with van der Waals surface area (Å²) in [6, 6.07) is 0. The fraction of sp³-hybridized carbons (Fsp3) is 0.700. The van der Waals surface area contributed by atoms with Gasteiger partial charge in [-0.25, -0.2) is 0 Å². The van der Waals surface area contributed by atoms with E-state index in [2.05, 4.69) is 15.5 Å². The second-order valence-electron chi connectivity index (χ2n) is 4.75. The van der Waals surface area contributed by atoms with Crippen LogP contribution in [0.3, 0.4) is 0 Å². The molecule has 0 unspecified atom stereocenters. The molecular formula is C10H19N5O4. The SMILES string of the molecule is CC1(C)[C@H](NC(=N/O)/N=C(/N)C=N)O[C@H](CO)[C@H]1O. The number of nitrogens with two attached hydrogens (primary N) is 1. The van der Waals surface area contributed by atoms with Crippen molar-refractivity contribution in [3.05, 3.63) is 0 Å². The van der Waals surface area contributed by atoms with Crippen LogP contribution in [0.15, 0.2) is 10.1 Å². The highest BCUT2D eigenvalue weighted by Crippen LogP contribution is 2.36. The van der Waals surface area contributed by atoms with Gasteiger partial charge in [0.1, 0.15) is 18.2 Å². The van der Waals surface area contributed by atoms with E-state index < -0.39 is 23.9 Å². The normalized spacial score (nSPS) is 31.3. The number of aliphatic hydroxyl groups excluding tert-OH is 2. The largest absolute Gasteiger partial charge is 0.408 e. The Hall–Kier alpha value is -1.71. The minimum atomic E-state index is -0.890. The number of amidine groups is 1. The Morgan fingerprint density at radius 3 is 2.63 bits per heavy atom. The van der Waals surface area contributed by atoms with Crippen molar-refractivity contribution < 1.29 is 20.2 Å². The smallest absolute Gasteiger partial charge is 0.263 e. The summed E-state index contributed by atoms with van der Waals surface area (Å²) in [6.45, 7) is 3.12. The average Bonchev–Trinajstić information content (AvgIpc) is 2.60. The van der Waals surface area contributed by atoms with Gasteiger partial charge in [0.25, 0.3) is 5.96 Å². The molecule has 1 fully saturated rings. The van der Waals surface area contributed by atoms with Crippen molar-refractivity contribution >= 4 is 18.0 Å². The van der Waals surface area contributed by atoms with Crippen molar-refractivity contribution in [2.75, 3.05) is 6.61 Å². The summed E-state index contributed by atoms with van der Waals surface area (Å²) in [5.41, 5.74) is 4.58. The standard InChI is InChI=1S/C10H19N5O4/c1-10(2)7(17)5(4-16)19-8(10)14-9(15-18)13-6(12)3-11/h3,5,7-8,11,16-18H,4H2,1-2H3,(H3,12,13,14,15)/t5-,7-,8-/m1/s1. The van der Waals surface area contributed by atoms with Crippen molar-refractivity contribution in [3.8, 4) is 0 Å². The first-order valence-electron chi connectivity index (χ1n) is 5.64. The molecule has 0 spiro atoms. The van der Waals surface area contributed by atoms with Crippen molar-refractivity contribution in [1.29, 1.82) is 5.41 Å². The molecule has 0 bridgehead atoms. The van der Waals surface area contributed by atoms with Gasteiger partial charge in [0.2, 0.25) is 0 Å². The van der Waals surface area contributed by atoms with Gasteiger partial charge in [-0.15, -0.1) is 0 Å². The zero-order chi connectivity index (χ0) is 14.6. The first-order valence-corrected chi connectivity index (χ1v) is 5.64. The van der Waals surface area contributed by atoms with Gasteiger partial charge in [-0.2, -0.15) is 4.99 Å². The van der Waals surface area contributed by atoms with Crippen LogP contribution >= 0.6 is 0 Å². The molecule has 3 atom stereocenters. The first kappa shape index (κ1) is 15.3. The molecule has 0 radical (unpaired) electrons. The van der Waals surface area contributed by atoms with Crippen LogP contribution in [-0.4, -0.2) is 58.5 Å². The second kappa shape index (κ2) is 5.95. The maximum absolute atomic E-state index is 9.98. The van der Waals surface area contributed by atoms with E-state index >= 15 is 0 Å². The molecule has 0 aromatic heterocycles. The van der Waals surface area contributed by atoms with Gasteiger partial charge in [-0.1, -0.05) is 13.8 Å². The summed E-state index contributed by atoms with van der Waals surface area (Å²) in [5.74, 6) is -0.403. The number of aliphatic hydroxyl groups is 2. The van der Waals surface area contributed by atoms with E-state index in [1.54, 1.807) is 13.8 Å². The number of aliphatic imine (C=N–C) groups is 1. The number of hydrogen-bond donors (Lipinski definition) is 6. The summed E-state index contributed by atoms with van der Waals surface area (Å²) in [4.78, 5) is 3.63. The van der Waals surface area contributed by atoms with Crippen LogP contribution in [0.5, 0.6) is 0 Å². The third kappa shape index (κ3) is 3.19. The molecule has 108 valence electrons. The number of rotatable bonds is 3. The quantitative estimate of drug-likeness (QED) is 0.158. The number of nitrogens with zero attached hydrogens (tertiary/aromatic N) is 2. The van der Waals surface area contributed by atoms with Gasteiger partial charge in [-0.05, 0) is 5.16 Å². The second-order valence-corrected chi connectivity index (χ2v) is 4.75. The number of guanidine groups is 1. The van der Waals surface area contributed by atoms with Crippen molar-refractivity contribution in [3.63, 3.8) is 0 Å². The summed E-state index contributed by atoms with van der Waals surface area (Å²) in [5, 5.41) is 40.3. The lowest BCUT2D eigenvalue weighted by atomic mass is 9.85. The molecule has 1 aliphatic heterocycles. The van der Waals surface area contributed by atoms with Crippen LogP contribution in [0.2, 0.25) is 0 Å². The van der Waals surface area contributed by atoms with E-state index in [0.717, 1.165) is 6.21 Å². The highest BCUT2D eigenvalue weighted by molar-refractivity contribution is 6.29. The minimum Gasteiger partial charge on any atom is -0.408 e. The molecule has 1 heterocycles. The Morgan fingerprint density at radius 2 is 2.21 bits per heavy atom. The topological polar surface area (TPSA) is 157 Å². The lowest BCUT2D eigenvalue weighted by Gasteiger charge is -2.28. The Balaban J connectivity index is 2.84. The van der Waals surface area contributed by atoms with Crippen molar-refractivity contribution in [1.82, 2.24) is 5.32 Å². The zero-order valence-corrected chi connectivity index (χ0v) is 10.7. The number of ether oxygens (including phenoxy) is 1. The fourth-order valence-corrected chi connectivity index (χ4v) is 1.78. The third-order valence-corrected chi connectivity index (χ3v) is 3.02. The monoisotopic (exact) mass is 273 g/mol. The lowest BCUT2D eigenvalue weighted by molar-refractivity contribution is -0.0262. The van der Waals surface area contributed by atoms with Crippen LogP contribution in [0, 0.1) is 10.8 Å². The first-order chi connectivity index (χ1) is 8.86. The maximum Gasteiger partial charge on any atom is 0.263 e. The molecule has 9 nitrogen and oxygen atoms in total. The summed E-state index contributed by atoms with van der Waals surface area (Å²) < 4.78 is 5.42. The van der Waals surface area contributed by atoms with Gasteiger partial charge in [0.05, 0.1) is 18.9 Å². The number of nitrogens with one attached hydrogen (secondary N) is 2. The van der Waals surface area contributed by atoms with Crippen molar-refractivity contribution in [2.24, 2.45) is 21.3 Å². The molecule has 1 rings (SSSR count). The summed E-state index contributed by atoms with van der Waals surface area (Å²) >= 11 is 0. The van der Waals surface area contributed by atoms with E-state index in [9.17, 15) is 5.11 Å². The van der Waals surface area contributed by atoms with E-state index in [1.165, 1.54) is 0 Å². The summed E-state index contributed by atoms with van der Waals surface area (Å²) in [6.07, 6.45) is -1.57. The minimum absolute atomic E-state index is 0.157. The highest BCUT2D eigenvalue weighted by atomic mass is 16.5. The average molecular weight is 273 g/mol. The molecule has 0 amide bonds. The van der Waals surface area contributed by atoms with Gasteiger partial charge < -0.3 is 36.6 Å². The van der Waals surface area contributed by atoms with E-state index in [4.69, 9.17) is 26.2 Å². The maximum atomic E-state index is 9.98. The van der Waals surface area contributed by atoms with Gasteiger partial charge >= 0.3 is 0 Å². The molecule has 0 aromatic rings. The molecule has 0 saturated carbocycles. The summed E-state index contributed by atoms with van der Waals surface area (Å²) in [7, 11) is 0. The predicted molar refractivity (Wildman–Crippen MR) is 68.3 cm³/mol. The number of oxime groups is 1. The lowest BCUT2D eigenvalue weighted by Crippen LogP contribution is -2.46. The molecule has 19 heavy (non-hydrogen) atoms. The van der Waals surface area contributed by atoms with Gasteiger partial charge in [-0.3, -0.25) is 0 Å². The van der Waals surface area contributed by atoms with Crippen LogP contribution in [-0.2, 0) is 4.74 Å². The molecule has 7 N–H and O–H groups in total. The van der Waals surface area contributed by atoms with E-state index in [-0.39, 0.29) is 18.4 Å². The van der Waals surface area contributed by atoms with Crippen LogP contribution in [0.1, 0.15) is 13.8 Å². The molecule has 0 aromatic carbocycles. The Morgan fingerprint density at radius 1 is 1.58 bits per heavy atom. The fourth-order valence-electron chi connectivity index (χ4n) is 1.78. The number of hydrogen-bond acceptors (Lipinski definition) is 6. The highest BCUT2D eigenvalue weighted by Gasteiger charge is 2.50. The van der Waals surface area contributed by atoms with Gasteiger partial charge in [0, 0.05) is 5.41 Å². The van der Waals surface area contributed by atoms with E-state index in [1.807, 2.05) is 0 Å². The Bertz CT molecular complexity index is 395. The van der Waals surface area contributed by atoms with Crippen LogP contribution < -0.4 is 11.1 Å². The molecule has 9 heteroatoms. The molecule has 1 saturated heterocycles. The molecule has 0 aliphatic carbocycles. The zero-order valence-electron chi connectivity index (χ0n) is 10.7. The van der Waals surface area contributed by atoms with Crippen LogP contribution in [0.25, 0.3) is 0 Å². The Labute approximate surface area is 110 Å². The predicted octanol–water partition coefficient (Wildman–Crippen LogP) is -1.57.